The Bertz CT molecular complexity index is 428. The van der Waals surface area contributed by atoms with Gasteiger partial charge in [0.25, 0.3) is 0 Å². The molecule has 0 spiro atoms. The number of nitrogens with two attached hydrogens (primary N) is 1. The number of hydrogen-bond acceptors (Lipinski definition) is 8. The van der Waals surface area contributed by atoms with Crippen LogP contribution >= 0.6 is 0 Å². The van der Waals surface area contributed by atoms with E-state index in [1.165, 1.54) is 0 Å². The van der Waals surface area contributed by atoms with Crippen LogP contribution in [0.1, 0.15) is 5.82 Å². The van der Waals surface area contributed by atoms with Crippen LogP contribution in [-0.2, 0) is 11.3 Å². The van der Waals surface area contributed by atoms with Crippen LogP contribution in [0.3, 0.4) is 0 Å². The summed E-state index contributed by atoms with van der Waals surface area (Å²) in [4.78, 5) is 16.5. The van der Waals surface area contributed by atoms with Gasteiger partial charge in [0.15, 0.2) is 0 Å². The molecule has 8 heteroatoms. The van der Waals surface area contributed by atoms with E-state index in [0.29, 0.717) is 31.5 Å². The largest absolute Gasteiger partial charge is 0.394 e. The summed E-state index contributed by atoms with van der Waals surface area (Å²) in [6.45, 7) is 2.66. The van der Waals surface area contributed by atoms with Gasteiger partial charge < -0.3 is 20.5 Å². The van der Waals surface area contributed by atoms with Crippen LogP contribution in [-0.4, -0.2) is 71.5 Å². The number of morpholine rings is 1. The lowest BCUT2D eigenvalue weighted by Gasteiger charge is -2.31. The molecule has 106 valence electrons. The molecular weight excluding hydrogens is 248 g/mol. The summed E-state index contributed by atoms with van der Waals surface area (Å²) < 4.78 is 5.40. The molecule has 2 rings (SSSR count). The SMILES string of the molecule is CN(C)c1nc(N)nc(CN2CCOC(CO)C2)n1. The highest BCUT2D eigenvalue weighted by Gasteiger charge is 2.21. The standard InChI is InChI=1S/C11H20N6O2/c1-16(2)11-14-9(13-10(12)15-11)6-17-3-4-19-8(5-17)7-18/h8,18H,3-7H2,1-2H3,(H2,12,13,14,15). The zero-order chi connectivity index (χ0) is 13.8. The van der Waals surface area contributed by atoms with Crippen LogP contribution in [0.2, 0.25) is 0 Å². The lowest BCUT2D eigenvalue weighted by atomic mass is 10.3. The normalized spacial score (nSPS) is 20.5. The summed E-state index contributed by atoms with van der Waals surface area (Å²) in [6.07, 6.45) is -0.138. The summed E-state index contributed by atoms with van der Waals surface area (Å²) >= 11 is 0. The van der Waals surface area contributed by atoms with Gasteiger partial charge in [0.2, 0.25) is 11.9 Å². The third-order valence-corrected chi connectivity index (χ3v) is 2.88. The molecule has 2 heterocycles. The zero-order valence-electron chi connectivity index (χ0n) is 11.3. The van der Waals surface area contributed by atoms with E-state index in [0.717, 1.165) is 6.54 Å². The minimum Gasteiger partial charge on any atom is -0.394 e. The quantitative estimate of drug-likeness (QED) is 0.696. The van der Waals surface area contributed by atoms with E-state index >= 15 is 0 Å². The maximum atomic E-state index is 9.12. The monoisotopic (exact) mass is 268 g/mol. The smallest absolute Gasteiger partial charge is 0.229 e. The first kappa shape index (κ1) is 13.9. The van der Waals surface area contributed by atoms with Crippen LogP contribution in [0.25, 0.3) is 0 Å². The van der Waals surface area contributed by atoms with Gasteiger partial charge in [-0.3, -0.25) is 4.90 Å². The van der Waals surface area contributed by atoms with Gasteiger partial charge in [-0.05, 0) is 0 Å². The number of hydrogen-bond donors (Lipinski definition) is 2. The zero-order valence-corrected chi connectivity index (χ0v) is 11.3. The Morgan fingerprint density at radius 1 is 1.42 bits per heavy atom. The number of rotatable bonds is 4. The number of ether oxygens (including phenoxy) is 1. The van der Waals surface area contributed by atoms with Crippen molar-refractivity contribution in [1.82, 2.24) is 19.9 Å². The Kier molecular flexibility index (Phi) is 4.46. The van der Waals surface area contributed by atoms with Crippen LogP contribution in [0.15, 0.2) is 0 Å². The molecular formula is C11H20N6O2. The van der Waals surface area contributed by atoms with Crippen molar-refractivity contribution in [3.05, 3.63) is 5.82 Å². The molecule has 0 saturated carbocycles. The van der Waals surface area contributed by atoms with E-state index in [9.17, 15) is 0 Å². The second kappa shape index (κ2) is 6.09. The number of aliphatic hydroxyl groups excluding tert-OH is 1. The maximum absolute atomic E-state index is 9.12. The number of anilines is 2. The van der Waals surface area contributed by atoms with Crippen molar-refractivity contribution in [2.75, 3.05) is 51.0 Å². The number of aliphatic hydroxyl groups is 1. The fourth-order valence-electron chi connectivity index (χ4n) is 1.93. The van der Waals surface area contributed by atoms with E-state index in [1.54, 1.807) is 4.90 Å². The molecule has 1 fully saturated rings. The third-order valence-electron chi connectivity index (χ3n) is 2.88. The molecule has 1 aliphatic heterocycles. The van der Waals surface area contributed by atoms with E-state index in [4.69, 9.17) is 15.6 Å². The van der Waals surface area contributed by atoms with Crippen molar-refractivity contribution in [3.8, 4) is 0 Å². The molecule has 0 aromatic carbocycles. The molecule has 1 atom stereocenters. The highest BCUT2D eigenvalue weighted by atomic mass is 16.5. The Hall–Kier alpha value is -1.51. The van der Waals surface area contributed by atoms with Crippen LogP contribution in [0.4, 0.5) is 11.9 Å². The van der Waals surface area contributed by atoms with Crippen molar-refractivity contribution in [3.63, 3.8) is 0 Å². The van der Waals surface area contributed by atoms with E-state index in [2.05, 4.69) is 19.9 Å². The van der Waals surface area contributed by atoms with E-state index in [1.807, 2.05) is 14.1 Å². The first-order chi connectivity index (χ1) is 9.08. The van der Waals surface area contributed by atoms with Gasteiger partial charge in [0, 0.05) is 27.2 Å². The molecule has 0 radical (unpaired) electrons. The summed E-state index contributed by atoms with van der Waals surface area (Å²) in [7, 11) is 3.71. The average Bonchev–Trinajstić information content (AvgIpc) is 2.38. The minimum atomic E-state index is -0.138. The molecule has 1 aromatic rings. The van der Waals surface area contributed by atoms with Crippen LogP contribution in [0, 0.1) is 0 Å². The Morgan fingerprint density at radius 2 is 2.21 bits per heavy atom. The summed E-state index contributed by atoms with van der Waals surface area (Å²) in [5.41, 5.74) is 5.68. The molecule has 3 N–H and O–H groups in total. The highest BCUT2D eigenvalue weighted by Crippen LogP contribution is 2.11. The fourth-order valence-corrected chi connectivity index (χ4v) is 1.93. The van der Waals surface area contributed by atoms with Gasteiger partial charge in [-0.1, -0.05) is 0 Å². The lowest BCUT2D eigenvalue weighted by molar-refractivity contribution is -0.0556. The van der Waals surface area contributed by atoms with Crippen molar-refractivity contribution >= 4 is 11.9 Å². The molecule has 0 amide bonds. The second-order valence-electron chi connectivity index (χ2n) is 4.71. The first-order valence-corrected chi connectivity index (χ1v) is 6.21. The molecule has 1 aromatic heterocycles. The van der Waals surface area contributed by atoms with Gasteiger partial charge in [0.1, 0.15) is 5.82 Å². The second-order valence-corrected chi connectivity index (χ2v) is 4.71. The molecule has 0 aliphatic carbocycles. The molecule has 1 unspecified atom stereocenters. The van der Waals surface area contributed by atoms with Gasteiger partial charge in [-0.2, -0.15) is 15.0 Å². The molecule has 1 saturated heterocycles. The topological polar surface area (TPSA) is 101 Å². The Morgan fingerprint density at radius 3 is 2.89 bits per heavy atom. The molecule has 0 bridgehead atoms. The summed E-state index contributed by atoms with van der Waals surface area (Å²) in [6, 6.07) is 0. The Labute approximate surface area is 112 Å². The van der Waals surface area contributed by atoms with Crippen molar-refractivity contribution < 1.29 is 9.84 Å². The fraction of sp³-hybridized carbons (Fsp3) is 0.727. The minimum absolute atomic E-state index is 0.0266. The lowest BCUT2D eigenvalue weighted by Crippen LogP contribution is -2.43. The predicted octanol–water partition coefficient (Wildman–Crippen LogP) is -1.29. The molecule has 19 heavy (non-hydrogen) atoms. The summed E-state index contributed by atoms with van der Waals surface area (Å²) in [5, 5.41) is 9.12. The van der Waals surface area contributed by atoms with Crippen molar-refractivity contribution in [2.24, 2.45) is 0 Å². The van der Waals surface area contributed by atoms with Crippen molar-refractivity contribution in [2.45, 2.75) is 12.6 Å². The summed E-state index contributed by atoms with van der Waals surface area (Å²) in [5.74, 6) is 1.41. The average molecular weight is 268 g/mol. The van der Waals surface area contributed by atoms with Crippen LogP contribution in [0.5, 0.6) is 0 Å². The van der Waals surface area contributed by atoms with Gasteiger partial charge in [0.05, 0.1) is 25.9 Å². The van der Waals surface area contributed by atoms with Gasteiger partial charge in [-0.15, -0.1) is 0 Å². The Balaban J connectivity index is 2.06. The van der Waals surface area contributed by atoms with Crippen LogP contribution < -0.4 is 10.6 Å². The maximum Gasteiger partial charge on any atom is 0.229 e. The van der Waals surface area contributed by atoms with E-state index < -0.39 is 0 Å². The number of aromatic nitrogens is 3. The third kappa shape index (κ3) is 3.72. The van der Waals surface area contributed by atoms with Crippen molar-refractivity contribution in [1.29, 1.82) is 0 Å². The number of nitrogen functional groups attached to an aromatic ring is 1. The highest BCUT2D eigenvalue weighted by molar-refractivity contribution is 5.32. The molecule has 1 aliphatic rings. The first-order valence-electron chi connectivity index (χ1n) is 6.21. The van der Waals surface area contributed by atoms with E-state index in [-0.39, 0.29) is 18.7 Å². The van der Waals surface area contributed by atoms with Gasteiger partial charge >= 0.3 is 0 Å². The predicted molar refractivity (Wildman–Crippen MR) is 70.7 cm³/mol. The molecule has 8 nitrogen and oxygen atoms in total. The van der Waals surface area contributed by atoms with Gasteiger partial charge in [-0.25, -0.2) is 0 Å². The number of nitrogens with zero attached hydrogens (tertiary/aromatic N) is 5.